The van der Waals surface area contributed by atoms with Crippen molar-refractivity contribution in [3.63, 3.8) is 0 Å². The second-order valence-corrected chi connectivity index (χ2v) is 4.39. The summed E-state index contributed by atoms with van der Waals surface area (Å²) in [6, 6.07) is 15.0. The van der Waals surface area contributed by atoms with Crippen LogP contribution in [0.15, 0.2) is 42.5 Å². The highest BCUT2D eigenvalue weighted by molar-refractivity contribution is 5.71. The predicted molar refractivity (Wildman–Crippen MR) is 77.2 cm³/mol. The number of aryl methyl sites for hydroxylation is 2. The largest absolute Gasteiger partial charge is 0.497 e. The Morgan fingerprint density at radius 2 is 1.50 bits per heavy atom. The molecular weight excluding hydrogens is 220 g/mol. The van der Waals surface area contributed by atoms with Crippen LogP contribution in [-0.2, 0) is 12.8 Å². The van der Waals surface area contributed by atoms with Crippen LogP contribution in [0.25, 0.3) is 11.1 Å². The van der Waals surface area contributed by atoms with Crippen molar-refractivity contribution < 1.29 is 4.74 Å². The van der Waals surface area contributed by atoms with Crippen LogP contribution >= 0.6 is 0 Å². The summed E-state index contributed by atoms with van der Waals surface area (Å²) in [5.74, 6) is 0.935. The maximum absolute atomic E-state index is 5.30. The summed E-state index contributed by atoms with van der Waals surface area (Å²) in [4.78, 5) is 0. The maximum Gasteiger partial charge on any atom is 0.119 e. The molecule has 0 aliphatic heterocycles. The average Bonchev–Trinajstić information content (AvgIpc) is 2.46. The van der Waals surface area contributed by atoms with Gasteiger partial charge in [0.1, 0.15) is 5.75 Å². The number of benzene rings is 2. The van der Waals surface area contributed by atoms with Crippen LogP contribution in [0.3, 0.4) is 0 Å². The van der Waals surface area contributed by atoms with Gasteiger partial charge in [0, 0.05) is 0 Å². The normalized spacial score (nSPS) is 10.4. The third-order valence-corrected chi connectivity index (χ3v) is 3.38. The zero-order valence-corrected chi connectivity index (χ0v) is 11.4. The summed E-state index contributed by atoms with van der Waals surface area (Å²) in [6.07, 6.45) is 2.08. The second-order valence-electron chi connectivity index (χ2n) is 4.39. The topological polar surface area (TPSA) is 9.23 Å². The van der Waals surface area contributed by atoms with E-state index in [0.717, 1.165) is 18.6 Å². The predicted octanol–water partition coefficient (Wildman–Crippen LogP) is 4.49. The lowest BCUT2D eigenvalue weighted by atomic mass is 9.93. The summed E-state index contributed by atoms with van der Waals surface area (Å²) in [5.41, 5.74) is 5.42. The first-order chi connectivity index (χ1) is 8.80. The van der Waals surface area contributed by atoms with Crippen LogP contribution < -0.4 is 4.74 Å². The van der Waals surface area contributed by atoms with E-state index >= 15 is 0 Å². The van der Waals surface area contributed by atoms with Crippen LogP contribution in [0.5, 0.6) is 5.75 Å². The molecule has 2 aromatic rings. The van der Waals surface area contributed by atoms with Crippen LogP contribution in [0.2, 0.25) is 0 Å². The Balaban J connectivity index is 2.56. The van der Waals surface area contributed by atoms with Gasteiger partial charge in [0.25, 0.3) is 0 Å². The Labute approximate surface area is 109 Å². The Kier molecular flexibility index (Phi) is 4.03. The van der Waals surface area contributed by atoms with Crippen molar-refractivity contribution >= 4 is 0 Å². The fourth-order valence-corrected chi connectivity index (χ4v) is 2.34. The lowest BCUT2D eigenvalue weighted by Gasteiger charge is -2.13. The van der Waals surface area contributed by atoms with Gasteiger partial charge in [-0.2, -0.15) is 0 Å². The third kappa shape index (κ3) is 2.40. The summed E-state index contributed by atoms with van der Waals surface area (Å²) in [5, 5.41) is 0. The van der Waals surface area contributed by atoms with Gasteiger partial charge in [-0.3, -0.25) is 0 Å². The SMILES string of the molecule is CCc1ccccc1-c1ccc(OC)cc1CC. The monoisotopic (exact) mass is 240 g/mol. The van der Waals surface area contributed by atoms with E-state index in [-0.39, 0.29) is 0 Å². The molecule has 18 heavy (non-hydrogen) atoms. The minimum atomic E-state index is 0.935. The highest BCUT2D eigenvalue weighted by Gasteiger charge is 2.08. The Morgan fingerprint density at radius 1 is 0.833 bits per heavy atom. The Hall–Kier alpha value is -1.76. The van der Waals surface area contributed by atoms with Gasteiger partial charge in [0.15, 0.2) is 0 Å². The van der Waals surface area contributed by atoms with E-state index < -0.39 is 0 Å². The third-order valence-electron chi connectivity index (χ3n) is 3.38. The molecule has 0 atom stereocenters. The summed E-state index contributed by atoms with van der Waals surface area (Å²) >= 11 is 0. The number of methoxy groups -OCH3 is 1. The van der Waals surface area contributed by atoms with E-state index in [9.17, 15) is 0 Å². The number of ether oxygens (including phenoxy) is 1. The molecule has 2 aromatic carbocycles. The number of rotatable bonds is 4. The molecule has 0 radical (unpaired) electrons. The maximum atomic E-state index is 5.30. The van der Waals surface area contributed by atoms with Gasteiger partial charge in [0.2, 0.25) is 0 Å². The highest BCUT2D eigenvalue weighted by atomic mass is 16.5. The molecule has 0 spiro atoms. The molecule has 0 fully saturated rings. The van der Waals surface area contributed by atoms with Crippen LogP contribution in [-0.4, -0.2) is 7.11 Å². The van der Waals surface area contributed by atoms with Gasteiger partial charge in [0.05, 0.1) is 7.11 Å². The van der Waals surface area contributed by atoms with Crippen molar-refractivity contribution in [2.24, 2.45) is 0 Å². The fraction of sp³-hybridized carbons (Fsp3) is 0.294. The number of hydrogen-bond acceptors (Lipinski definition) is 1. The first-order valence-corrected chi connectivity index (χ1v) is 6.55. The molecular formula is C17H20O. The minimum absolute atomic E-state index is 0.935. The Morgan fingerprint density at radius 3 is 2.17 bits per heavy atom. The van der Waals surface area contributed by atoms with Gasteiger partial charge < -0.3 is 4.74 Å². The highest BCUT2D eigenvalue weighted by Crippen LogP contribution is 2.30. The van der Waals surface area contributed by atoms with Gasteiger partial charge >= 0.3 is 0 Å². The molecule has 0 aliphatic carbocycles. The molecule has 1 heteroatoms. The summed E-state index contributed by atoms with van der Waals surface area (Å²) in [7, 11) is 1.72. The molecule has 0 aliphatic rings. The molecule has 0 unspecified atom stereocenters. The van der Waals surface area contributed by atoms with Gasteiger partial charge in [-0.25, -0.2) is 0 Å². The van der Waals surface area contributed by atoms with Crippen molar-refractivity contribution in [3.05, 3.63) is 53.6 Å². The molecule has 2 rings (SSSR count). The molecule has 0 heterocycles. The molecule has 0 aromatic heterocycles. The lowest BCUT2D eigenvalue weighted by Crippen LogP contribution is -1.93. The molecule has 0 bridgehead atoms. The molecule has 0 saturated heterocycles. The molecule has 94 valence electrons. The van der Waals surface area contributed by atoms with Crippen molar-refractivity contribution in [3.8, 4) is 16.9 Å². The first-order valence-electron chi connectivity index (χ1n) is 6.55. The molecule has 0 amide bonds. The molecule has 0 saturated carbocycles. The summed E-state index contributed by atoms with van der Waals surface area (Å²) in [6.45, 7) is 4.39. The quantitative estimate of drug-likeness (QED) is 0.765. The standard InChI is InChI=1S/C17H20O/c1-4-13-8-6-7-9-16(13)17-11-10-15(18-3)12-14(17)5-2/h6-12H,4-5H2,1-3H3. The van der Waals surface area contributed by atoms with Crippen LogP contribution in [0, 0.1) is 0 Å². The van der Waals surface area contributed by atoms with E-state index in [2.05, 4.69) is 50.2 Å². The Bertz CT molecular complexity index is 529. The van der Waals surface area contributed by atoms with Crippen molar-refractivity contribution in [1.82, 2.24) is 0 Å². The van der Waals surface area contributed by atoms with E-state index in [1.807, 2.05) is 6.07 Å². The smallest absolute Gasteiger partial charge is 0.119 e. The van der Waals surface area contributed by atoms with Gasteiger partial charge in [-0.15, -0.1) is 0 Å². The van der Waals surface area contributed by atoms with Gasteiger partial charge in [-0.1, -0.05) is 44.2 Å². The fourth-order valence-electron chi connectivity index (χ4n) is 2.34. The van der Waals surface area contributed by atoms with E-state index in [4.69, 9.17) is 4.74 Å². The van der Waals surface area contributed by atoms with E-state index in [1.54, 1.807) is 7.11 Å². The zero-order valence-electron chi connectivity index (χ0n) is 11.4. The van der Waals surface area contributed by atoms with Crippen molar-refractivity contribution in [2.45, 2.75) is 26.7 Å². The van der Waals surface area contributed by atoms with Crippen molar-refractivity contribution in [1.29, 1.82) is 0 Å². The van der Waals surface area contributed by atoms with Crippen LogP contribution in [0.1, 0.15) is 25.0 Å². The number of hydrogen-bond donors (Lipinski definition) is 0. The zero-order chi connectivity index (χ0) is 13.0. The van der Waals surface area contributed by atoms with E-state index in [0.29, 0.717) is 0 Å². The average molecular weight is 240 g/mol. The van der Waals surface area contributed by atoms with E-state index in [1.165, 1.54) is 22.3 Å². The summed E-state index contributed by atoms with van der Waals surface area (Å²) < 4.78 is 5.30. The lowest BCUT2D eigenvalue weighted by molar-refractivity contribution is 0.414. The molecule has 0 N–H and O–H groups in total. The van der Waals surface area contributed by atoms with Crippen LogP contribution in [0.4, 0.5) is 0 Å². The molecule has 1 nitrogen and oxygen atoms in total. The second kappa shape index (κ2) is 5.72. The minimum Gasteiger partial charge on any atom is -0.497 e. The van der Waals surface area contributed by atoms with Crippen molar-refractivity contribution in [2.75, 3.05) is 7.11 Å². The van der Waals surface area contributed by atoms with Gasteiger partial charge in [-0.05, 0) is 47.2 Å². The first kappa shape index (κ1) is 12.7.